The molecule has 10 nitrogen and oxygen atoms in total. The van der Waals surface area contributed by atoms with E-state index in [1.165, 1.54) is 18.3 Å². The molecule has 1 N–H and O–H groups in total. The Bertz CT molecular complexity index is 1660. The highest BCUT2D eigenvalue weighted by atomic mass is 35.5. The van der Waals surface area contributed by atoms with E-state index in [9.17, 15) is 15.4 Å². The minimum absolute atomic E-state index is 0.0795. The van der Waals surface area contributed by atoms with Crippen molar-refractivity contribution in [3.63, 3.8) is 0 Å². The fraction of sp³-hybridized carbons (Fsp3) is 0.179. The van der Waals surface area contributed by atoms with Crippen molar-refractivity contribution in [3.05, 3.63) is 92.6 Å². The second-order valence-electron chi connectivity index (χ2n) is 8.57. The molecule has 1 aromatic heterocycles. The van der Waals surface area contributed by atoms with Crippen molar-refractivity contribution in [2.75, 3.05) is 18.5 Å². The topological polar surface area (TPSA) is 143 Å². The molecule has 1 aliphatic rings. The van der Waals surface area contributed by atoms with Gasteiger partial charge in [-0.3, -0.25) is 15.1 Å². The summed E-state index contributed by atoms with van der Waals surface area (Å²) in [6, 6.07) is 21.2. The third kappa shape index (κ3) is 5.61. The van der Waals surface area contributed by atoms with E-state index in [-0.39, 0.29) is 40.5 Å². The van der Waals surface area contributed by atoms with Gasteiger partial charge in [0, 0.05) is 30.1 Å². The maximum atomic E-state index is 11.9. The van der Waals surface area contributed by atoms with E-state index in [1.54, 1.807) is 24.3 Å². The zero-order chi connectivity index (χ0) is 27.4. The Labute approximate surface area is 228 Å². The van der Waals surface area contributed by atoms with Gasteiger partial charge < -0.3 is 19.5 Å². The van der Waals surface area contributed by atoms with Crippen molar-refractivity contribution in [3.8, 4) is 23.6 Å². The standard InChI is InChI=1S/C28H18ClN5O5/c29-23-9-20(4-5-26(23)38-15-18-3-1-2-17(8-18)12-30)33-28-19(13-31)14-32-24-11-27(39-21-6-7-37-16-21)25(34(35)36)10-22(24)28/h1-3,8-11,14,21H,6-7,15-16H2,(H,32,33). The molecular formula is C28H18ClN5O5. The number of ether oxygens (including phenoxy) is 3. The molecule has 0 radical (unpaired) electrons. The molecule has 1 atom stereocenters. The van der Waals surface area contributed by atoms with Crippen molar-refractivity contribution in [1.82, 2.24) is 4.98 Å². The van der Waals surface area contributed by atoms with Gasteiger partial charge in [0.15, 0.2) is 11.5 Å². The number of aromatic nitrogens is 1. The normalized spacial score (nSPS) is 14.2. The Balaban J connectivity index is 1.43. The first-order valence-corrected chi connectivity index (χ1v) is 12.1. The number of pyridine rings is 1. The van der Waals surface area contributed by atoms with Crippen molar-refractivity contribution >= 4 is 39.6 Å². The van der Waals surface area contributed by atoms with Gasteiger partial charge in [-0.1, -0.05) is 23.7 Å². The largest absolute Gasteiger partial charge is 0.481 e. The molecule has 4 aromatic rings. The number of hydrogen-bond acceptors (Lipinski definition) is 9. The van der Waals surface area contributed by atoms with E-state index in [0.717, 1.165) is 5.56 Å². The number of nitro benzene ring substituents is 1. The van der Waals surface area contributed by atoms with Crippen LogP contribution in [0.5, 0.6) is 11.5 Å². The summed E-state index contributed by atoms with van der Waals surface area (Å²) in [4.78, 5) is 15.6. The lowest BCUT2D eigenvalue weighted by atomic mass is 10.1. The second-order valence-corrected chi connectivity index (χ2v) is 8.97. The van der Waals surface area contributed by atoms with Gasteiger partial charge in [0.2, 0.25) is 0 Å². The minimum atomic E-state index is -0.539. The highest BCUT2D eigenvalue weighted by Gasteiger charge is 2.25. The number of halogens is 1. The highest BCUT2D eigenvalue weighted by molar-refractivity contribution is 6.32. The Kier molecular flexibility index (Phi) is 7.29. The molecule has 192 valence electrons. The molecule has 0 bridgehead atoms. The summed E-state index contributed by atoms with van der Waals surface area (Å²) in [6.45, 7) is 1.04. The van der Waals surface area contributed by atoms with Crippen LogP contribution in [0.15, 0.2) is 48.7 Å². The first-order valence-electron chi connectivity index (χ1n) is 11.7. The smallest absolute Gasteiger partial charge is 0.311 e. The highest BCUT2D eigenvalue weighted by Crippen LogP contribution is 2.38. The predicted octanol–water partition coefficient (Wildman–Crippen LogP) is 5.63. The number of nitro groups is 1. The Hall–Kier alpha value is -5.08. The van der Waals surface area contributed by atoms with Crippen LogP contribution in [0.1, 0.15) is 23.1 Å². The van der Waals surface area contributed by atoms with Crippen LogP contribution >= 0.6 is 11.6 Å². The van der Waals surface area contributed by atoms with Gasteiger partial charge in [-0.25, -0.2) is 0 Å². The van der Waals surface area contributed by atoms with Crippen LogP contribution in [0.2, 0.25) is 5.02 Å². The number of nitrogens with zero attached hydrogens (tertiary/aromatic N) is 4. The quantitative estimate of drug-likeness (QED) is 0.222. The minimum Gasteiger partial charge on any atom is -0.481 e. The van der Waals surface area contributed by atoms with Crippen LogP contribution < -0.4 is 14.8 Å². The molecule has 0 spiro atoms. The molecule has 5 rings (SSSR count). The summed E-state index contributed by atoms with van der Waals surface area (Å²) >= 11 is 6.42. The first-order chi connectivity index (χ1) is 18.9. The maximum absolute atomic E-state index is 11.9. The van der Waals surface area contributed by atoms with E-state index >= 15 is 0 Å². The first kappa shape index (κ1) is 25.6. The van der Waals surface area contributed by atoms with Gasteiger partial charge in [0.05, 0.1) is 57.2 Å². The van der Waals surface area contributed by atoms with Gasteiger partial charge in [-0.2, -0.15) is 10.5 Å². The van der Waals surface area contributed by atoms with E-state index in [1.807, 2.05) is 6.07 Å². The van der Waals surface area contributed by atoms with Crippen molar-refractivity contribution in [2.45, 2.75) is 19.1 Å². The number of nitriles is 2. The average Bonchev–Trinajstić information content (AvgIpc) is 3.45. The Morgan fingerprint density at radius 1 is 1.23 bits per heavy atom. The van der Waals surface area contributed by atoms with E-state index in [2.05, 4.69) is 34.6 Å². The number of fused-ring (bicyclic) bond motifs is 1. The summed E-state index contributed by atoms with van der Waals surface area (Å²) in [7, 11) is 0. The maximum Gasteiger partial charge on any atom is 0.311 e. The van der Waals surface area contributed by atoms with E-state index in [4.69, 9.17) is 31.1 Å². The van der Waals surface area contributed by atoms with Crippen LogP contribution in [0.3, 0.4) is 0 Å². The molecule has 2 heterocycles. The van der Waals surface area contributed by atoms with Crippen molar-refractivity contribution < 1.29 is 19.1 Å². The summed E-state index contributed by atoms with van der Waals surface area (Å²) in [5.41, 5.74) is 2.25. The summed E-state index contributed by atoms with van der Waals surface area (Å²) < 4.78 is 16.9. The van der Waals surface area contributed by atoms with Gasteiger partial charge in [0.25, 0.3) is 0 Å². The molecule has 0 amide bonds. The van der Waals surface area contributed by atoms with E-state index in [0.29, 0.717) is 47.5 Å². The molecule has 39 heavy (non-hydrogen) atoms. The van der Waals surface area contributed by atoms with Crippen LogP contribution in [-0.2, 0) is 11.3 Å². The molecule has 3 aromatic carbocycles. The van der Waals surface area contributed by atoms with Crippen LogP contribution in [0.4, 0.5) is 17.1 Å². The lowest BCUT2D eigenvalue weighted by Crippen LogP contribution is -2.16. The van der Waals surface area contributed by atoms with Gasteiger partial charge in [0.1, 0.15) is 18.8 Å². The third-order valence-corrected chi connectivity index (χ3v) is 6.23. The van der Waals surface area contributed by atoms with Crippen LogP contribution in [0.25, 0.3) is 10.9 Å². The monoisotopic (exact) mass is 539 g/mol. The number of nitrogens with one attached hydrogen (secondary N) is 1. The molecule has 11 heteroatoms. The molecule has 0 saturated carbocycles. The zero-order valence-corrected chi connectivity index (χ0v) is 21.0. The molecule has 1 saturated heterocycles. The average molecular weight is 540 g/mol. The molecule has 1 aliphatic heterocycles. The number of rotatable bonds is 8. The fourth-order valence-corrected chi connectivity index (χ4v) is 4.27. The van der Waals surface area contributed by atoms with Crippen molar-refractivity contribution in [2.24, 2.45) is 0 Å². The number of benzene rings is 2. The molecule has 0 aliphatic carbocycles. The number of hydrogen-bond donors (Lipinski definition) is 1. The molecular weight excluding hydrogens is 522 g/mol. The Morgan fingerprint density at radius 2 is 2.10 bits per heavy atom. The van der Waals surface area contributed by atoms with Gasteiger partial charge >= 0.3 is 5.69 Å². The third-order valence-electron chi connectivity index (χ3n) is 5.94. The molecule has 1 fully saturated rings. The van der Waals surface area contributed by atoms with E-state index < -0.39 is 4.92 Å². The lowest BCUT2D eigenvalue weighted by Gasteiger charge is -2.15. The summed E-state index contributed by atoms with van der Waals surface area (Å²) in [6.07, 6.45) is 1.71. The van der Waals surface area contributed by atoms with Gasteiger partial charge in [-0.15, -0.1) is 0 Å². The molecule has 1 unspecified atom stereocenters. The van der Waals surface area contributed by atoms with Gasteiger partial charge in [-0.05, 0) is 35.9 Å². The SMILES string of the molecule is N#Cc1cccc(COc2c#cc(Nc3c(C#N)cnc4cc(OC5CCOC5)c([N+](=O)[O-])cc34)cc2Cl)c1. The fourth-order valence-electron chi connectivity index (χ4n) is 4.06. The zero-order valence-electron chi connectivity index (χ0n) is 20.2. The number of anilines is 2. The lowest BCUT2D eigenvalue weighted by molar-refractivity contribution is -0.385. The predicted molar refractivity (Wildman–Crippen MR) is 141 cm³/mol. The van der Waals surface area contributed by atoms with Crippen molar-refractivity contribution in [1.29, 1.82) is 10.5 Å². The van der Waals surface area contributed by atoms with Crippen LogP contribution in [-0.4, -0.2) is 29.2 Å². The summed E-state index contributed by atoms with van der Waals surface area (Å²) in [5, 5.41) is 34.3. The Morgan fingerprint density at radius 3 is 2.82 bits per heavy atom. The second kappa shape index (κ2) is 11.1. The summed E-state index contributed by atoms with van der Waals surface area (Å²) in [5.74, 6) is 0.328. The van der Waals surface area contributed by atoms with Crippen LogP contribution in [0, 0.1) is 44.9 Å².